The largest absolute Gasteiger partial charge is 0.481 e. The summed E-state index contributed by atoms with van der Waals surface area (Å²) in [4.78, 5) is 30.9. The predicted molar refractivity (Wildman–Crippen MR) is 234 cm³/mol. The summed E-state index contributed by atoms with van der Waals surface area (Å²) in [6.45, 7) is 6.73. The van der Waals surface area contributed by atoms with Gasteiger partial charge < -0.3 is 15.3 Å². The van der Waals surface area contributed by atoms with Crippen LogP contribution >= 0.6 is 0 Å². The molecular formula is C48H90LaO6. The van der Waals surface area contributed by atoms with E-state index in [1.165, 1.54) is 173 Å². The summed E-state index contributed by atoms with van der Waals surface area (Å²) in [6.07, 6.45) is 55.0. The number of rotatable bonds is 39. The van der Waals surface area contributed by atoms with Crippen molar-refractivity contribution in [3.63, 3.8) is 0 Å². The van der Waals surface area contributed by atoms with Crippen molar-refractivity contribution >= 4 is 17.9 Å². The Hall–Kier alpha value is -1.18. The van der Waals surface area contributed by atoms with Crippen molar-refractivity contribution in [3.05, 3.63) is 36.5 Å². The number of carbonyl (C=O) groups is 3. The van der Waals surface area contributed by atoms with Crippen molar-refractivity contribution < 1.29 is 65.3 Å². The molecule has 0 aromatic rings. The van der Waals surface area contributed by atoms with E-state index in [1.54, 1.807) is 0 Å². The van der Waals surface area contributed by atoms with Gasteiger partial charge >= 0.3 is 17.9 Å². The van der Waals surface area contributed by atoms with Crippen LogP contribution in [0.25, 0.3) is 0 Å². The molecule has 0 bridgehead atoms. The second-order valence-corrected chi connectivity index (χ2v) is 15.1. The topological polar surface area (TPSA) is 112 Å². The normalized spacial score (nSPS) is 11.0. The Balaban J connectivity index is -0.000000351. The molecule has 0 aromatic heterocycles. The molecule has 3 N–H and O–H groups in total. The maximum atomic E-state index is 10.3. The molecule has 0 heterocycles. The molecule has 7 heteroatoms. The zero-order valence-corrected chi connectivity index (χ0v) is 40.2. The van der Waals surface area contributed by atoms with Crippen molar-refractivity contribution in [1.82, 2.24) is 0 Å². The van der Waals surface area contributed by atoms with Gasteiger partial charge in [-0.2, -0.15) is 0 Å². The van der Waals surface area contributed by atoms with Crippen molar-refractivity contribution in [2.75, 3.05) is 0 Å². The molecular weight excluding hydrogens is 811 g/mol. The molecule has 0 atom stereocenters. The number of allylic oxidation sites excluding steroid dienone is 6. The standard InChI is InChI=1S/3C16H30O2.La/c3*1-2-3-4-5-6-7-8-9-10-11-12-13-14-15-16(17)18;/h3*7-8H,2-6,9-15H2,1H3,(H,17,18);/b3*8-7-;. The summed E-state index contributed by atoms with van der Waals surface area (Å²) >= 11 is 0. The summed E-state index contributed by atoms with van der Waals surface area (Å²) in [6, 6.07) is 0. The van der Waals surface area contributed by atoms with Gasteiger partial charge in [0.15, 0.2) is 0 Å². The Morgan fingerprint density at radius 1 is 0.291 bits per heavy atom. The first kappa shape index (κ1) is 60.5. The quantitative estimate of drug-likeness (QED) is 0.0418. The van der Waals surface area contributed by atoms with Gasteiger partial charge in [-0.15, -0.1) is 0 Å². The molecule has 1 radical (unpaired) electrons. The Labute approximate surface area is 369 Å². The van der Waals surface area contributed by atoms with Gasteiger partial charge in [-0.3, -0.25) is 14.4 Å². The zero-order valence-electron chi connectivity index (χ0n) is 36.6. The Morgan fingerprint density at radius 2 is 0.455 bits per heavy atom. The second-order valence-electron chi connectivity index (χ2n) is 15.1. The average molecular weight is 902 g/mol. The number of carboxylic acids is 3. The summed E-state index contributed by atoms with van der Waals surface area (Å²) in [5.74, 6) is -2.00. The number of hydrogen-bond acceptors (Lipinski definition) is 3. The molecule has 321 valence electrons. The molecule has 0 amide bonds. The average Bonchev–Trinajstić information content (AvgIpc) is 3.14. The van der Waals surface area contributed by atoms with Crippen LogP contribution in [-0.2, 0) is 14.4 Å². The fraction of sp³-hybridized carbons (Fsp3) is 0.812. The van der Waals surface area contributed by atoms with Gasteiger partial charge in [0.25, 0.3) is 0 Å². The second kappa shape index (κ2) is 57.2. The van der Waals surface area contributed by atoms with Crippen LogP contribution in [0, 0.1) is 35.6 Å². The number of unbranched alkanes of at least 4 members (excludes halogenated alkanes) is 27. The number of carboxylic acid groups (broad SMARTS) is 3. The van der Waals surface area contributed by atoms with E-state index >= 15 is 0 Å². The number of hydrogen-bond donors (Lipinski definition) is 3. The molecule has 0 saturated carbocycles. The SMILES string of the molecule is CCCCCC/C=C\CCCCCCCC(=O)O.CCCCCC/C=C\CCCCCCCC(=O)O.CCCCCC/C=C\CCCCCCCC(=O)O.[La]. The molecule has 0 unspecified atom stereocenters. The smallest absolute Gasteiger partial charge is 0.303 e. The first-order valence-corrected chi connectivity index (χ1v) is 22.9. The maximum Gasteiger partial charge on any atom is 0.303 e. The van der Waals surface area contributed by atoms with Gasteiger partial charge in [-0.1, -0.05) is 173 Å². The molecule has 55 heavy (non-hydrogen) atoms. The van der Waals surface area contributed by atoms with Crippen LogP contribution in [0.1, 0.15) is 252 Å². The van der Waals surface area contributed by atoms with E-state index in [-0.39, 0.29) is 35.6 Å². The monoisotopic (exact) mass is 902 g/mol. The molecule has 0 rings (SSSR count). The first-order valence-electron chi connectivity index (χ1n) is 22.9. The van der Waals surface area contributed by atoms with Gasteiger partial charge in [-0.25, -0.2) is 0 Å². The molecule has 0 aliphatic heterocycles. The van der Waals surface area contributed by atoms with E-state index in [0.29, 0.717) is 19.3 Å². The Kier molecular flexibility index (Phi) is 62.9. The van der Waals surface area contributed by atoms with Crippen LogP contribution in [0.4, 0.5) is 0 Å². The van der Waals surface area contributed by atoms with Gasteiger partial charge in [0.2, 0.25) is 0 Å². The van der Waals surface area contributed by atoms with Gasteiger partial charge in [0.05, 0.1) is 0 Å². The first-order chi connectivity index (χ1) is 26.3. The molecule has 0 fully saturated rings. The molecule has 0 saturated heterocycles. The molecule has 0 aliphatic rings. The maximum absolute atomic E-state index is 10.3. The van der Waals surface area contributed by atoms with Crippen LogP contribution in [0.3, 0.4) is 0 Å². The van der Waals surface area contributed by atoms with Crippen LogP contribution in [0.2, 0.25) is 0 Å². The predicted octanol–water partition coefficient (Wildman–Crippen LogP) is 16.0. The molecule has 0 aromatic carbocycles. The minimum atomic E-state index is -0.666. The molecule has 0 aliphatic carbocycles. The fourth-order valence-corrected chi connectivity index (χ4v) is 5.98. The van der Waals surface area contributed by atoms with Crippen molar-refractivity contribution in [3.8, 4) is 0 Å². The van der Waals surface area contributed by atoms with Crippen molar-refractivity contribution in [2.24, 2.45) is 0 Å². The van der Waals surface area contributed by atoms with Crippen LogP contribution in [-0.4, -0.2) is 33.2 Å². The Bertz CT molecular complexity index is 744. The fourth-order valence-electron chi connectivity index (χ4n) is 5.98. The summed E-state index contributed by atoms with van der Waals surface area (Å²) < 4.78 is 0. The van der Waals surface area contributed by atoms with Crippen molar-refractivity contribution in [2.45, 2.75) is 252 Å². The van der Waals surface area contributed by atoms with E-state index in [0.717, 1.165) is 38.5 Å². The van der Waals surface area contributed by atoms with Crippen LogP contribution < -0.4 is 0 Å². The van der Waals surface area contributed by atoms with E-state index in [4.69, 9.17) is 15.3 Å². The van der Waals surface area contributed by atoms with Gasteiger partial charge in [0, 0.05) is 54.9 Å². The van der Waals surface area contributed by atoms with Crippen molar-refractivity contribution in [1.29, 1.82) is 0 Å². The van der Waals surface area contributed by atoms with Gasteiger partial charge in [-0.05, 0) is 96.3 Å². The molecule has 0 spiro atoms. The third kappa shape index (κ3) is 71.0. The summed E-state index contributed by atoms with van der Waals surface area (Å²) in [7, 11) is 0. The van der Waals surface area contributed by atoms with E-state index in [1.807, 2.05) is 0 Å². The Morgan fingerprint density at radius 3 is 0.636 bits per heavy atom. The minimum absolute atomic E-state index is 0. The molecule has 6 nitrogen and oxygen atoms in total. The summed E-state index contributed by atoms with van der Waals surface area (Å²) in [5.41, 5.74) is 0. The third-order valence-corrected chi connectivity index (χ3v) is 9.46. The van der Waals surface area contributed by atoms with E-state index in [2.05, 4.69) is 57.2 Å². The number of aliphatic carboxylic acids is 3. The zero-order chi connectivity index (χ0) is 40.4. The van der Waals surface area contributed by atoms with E-state index < -0.39 is 17.9 Å². The van der Waals surface area contributed by atoms with Gasteiger partial charge in [0.1, 0.15) is 0 Å². The third-order valence-electron chi connectivity index (χ3n) is 9.46. The minimum Gasteiger partial charge on any atom is -0.481 e. The van der Waals surface area contributed by atoms with Crippen LogP contribution in [0.5, 0.6) is 0 Å². The summed E-state index contributed by atoms with van der Waals surface area (Å²) in [5, 5.41) is 25.4. The van der Waals surface area contributed by atoms with E-state index in [9.17, 15) is 14.4 Å². The van der Waals surface area contributed by atoms with Crippen LogP contribution in [0.15, 0.2) is 36.5 Å².